The Balaban J connectivity index is 2.43. The monoisotopic (exact) mass is 191 g/mol. The lowest BCUT2D eigenvalue weighted by molar-refractivity contribution is 0.640. The molecule has 0 saturated carbocycles. The molecule has 0 aliphatic heterocycles. The molecule has 0 aromatic carbocycles. The Labute approximate surface area is 81.8 Å². The molecule has 3 N–H and O–H groups in total. The number of rotatable bonds is 3. The van der Waals surface area contributed by atoms with Gasteiger partial charge in [-0.05, 0) is 6.42 Å². The Kier molecular flexibility index (Phi) is 2.41. The van der Waals surface area contributed by atoms with Gasteiger partial charge in [0.2, 0.25) is 0 Å². The molecule has 2 heterocycles. The summed E-state index contributed by atoms with van der Waals surface area (Å²) in [6.45, 7) is 2.69. The van der Waals surface area contributed by atoms with Crippen molar-refractivity contribution in [2.45, 2.75) is 19.3 Å². The second-order valence-electron chi connectivity index (χ2n) is 3.22. The Morgan fingerprint density at radius 1 is 1.57 bits per heavy atom. The van der Waals surface area contributed by atoms with Crippen molar-refractivity contribution in [1.82, 2.24) is 19.9 Å². The average Bonchev–Trinajstić information content (AvgIpc) is 2.63. The van der Waals surface area contributed by atoms with Crippen molar-refractivity contribution >= 4 is 11.2 Å². The number of hydrogen-bond donors (Lipinski definition) is 2. The summed E-state index contributed by atoms with van der Waals surface area (Å²) in [5.41, 5.74) is 7.22. The quantitative estimate of drug-likeness (QED) is 0.752. The van der Waals surface area contributed by atoms with Gasteiger partial charge in [-0.25, -0.2) is 15.0 Å². The van der Waals surface area contributed by atoms with Crippen LogP contribution in [0.2, 0.25) is 0 Å². The van der Waals surface area contributed by atoms with Crippen LogP contribution in [0.5, 0.6) is 0 Å². The Morgan fingerprint density at radius 3 is 3.07 bits per heavy atom. The van der Waals surface area contributed by atoms with E-state index < -0.39 is 0 Å². The first-order valence-corrected chi connectivity index (χ1v) is 4.70. The van der Waals surface area contributed by atoms with Crippen molar-refractivity contribution < 1.29 is 0 Å². The van der Waals surface area contributed by atoms with Crippen molar-refractivity contribution in [3.8, 4) is 0 Å². The van der Waals surface area contributed by atoms with Crippen LogP contribution >= 0.6 is 0 Å². The summed E-state index contributed by atoms with van der Waals surface area (Å²) in [5, 5.41) is 0. The Bertz CT molecular complexity index is 385. The number of nitrogens with one attached hydrogen (secondary N) is 1. The first-order chi connectivity index (χ1) is 6.85. The van der Waals surface area contributed by atoms with Gasteiger partial charge in [-0.2, -0.15) is 0 Å². The molecule has 2 aromatic rings. The van der Waals surface area contributed by atoms with Crippen molar-refractivity contribution in [2.75, 3.05) is 6.54 Å². The number of aromatic amines is 1. The molecule has 0 radical (unpaired) electrons. The zero-order valence-corrected chi connectivity index (χ0v) is 8.07. The summed E-state index contributed by atoms with van der Waals surface area (Å²) in [5.74, 6) is 1.19. The van der Waals surface area contributed by atoms with E-state index in [0.29, 0.717) is 12.2 Å². The highest BCUT2D eigenvalue weighted by molar-refractivity contribution is 5.68. The molecule has 1 unspecified atom stereocenters. The third kappa shape index (κ3) is 1.46. The molecule has 1 atom stereocenters. The van der Waals surface area contributed by atoms with E-state index in [4.69, 9.17) is 5.73 Å². The summed E-state index contributed by atoms with van der Waals surface area (Å²) in [6.07, 6.45) is 4.20. The third-order valence-corrected chi connectivity index (χ3v) is 2.34. The van der Waals surface area contributed by atoms with Gasteiger partial charge < -0.3 is 10.7 Å². The molecular formula is C9H13N5. The van der Waals surface area contributed by atoms with Gasteiger partial charge in [0.15, 0.2) is 5.65 Å². The van der Waals surface area contributed by atoms with Gasteiger partial charge in [0.1, 0.15) is 17.7 Å². The van der Waals surface area contributed by atoms with Crippen molar-refractivity contribution in [3.63, 3.8) is 0 Å². The summed E-state index contributed by atoms with van der Waals surface area (Å²) in [4.78, 5) is 15.5. The van der Waals surface area contributed by atoms with Crippen LogP contribution < -0.4 is 5.73 Å². The lowest BCUT2D eigenvalue weighted by Gasteiger charge is -2.06. The third-order valence-electron chi connectivity index (χ3n) is 2.34. The minimum absolute atomic E-state index is 0.282. The summed E-state index contributed by atoms with van der Waals surface area (Å²) in [7, 11) is 0. The number of fused-ring (bicyclic) bond motifs is 1. The second-order valence-corrected chi connectivity index (χ2v) is 3.22. The highest BCUT2D eigenvalue weighted by Crippen LogP contribution is 2.17. The van der Waals surface area contributed by atoms with E-state index in [-0.39, 0.29) is 5.92 Å². The average molecular weight is 191 g/mol. The fourth-order valence-corrected chi connectivity index (χ4v) is 1.45. The van der Waals surface area contributed by atoms with Crippen LogP contribution in [0.1, 0.15) is 25.1 Å². The largest absolute Gasteiger partial charge is 0.339 e. The molecule has 2 aromatic heterocycles. The van der Waals surface area contributed by atoms with Crippen LogP contribution in [-0.4, -0.2) is 26.5 Å². The van der Waals surface area contributed by atoms with Crippen LogP contribution in [0.25, 0.3) is 11.2 Å². The van der Waals surface area contributed by atoms with E-state index >= 15 is 0 Å². The van der Waals surface area contributed by atoms with E-state index in [9.17, 15) is 0 Å². The summed E-state index contributed by atoms with van der Waals surface area (Å²) in [6, 6.07) is 0. The maximum atomic E-state index is 5.64. The van der Waals surface area contributed by atoms with Crippen LogP contribution in [-0.2, 0) is 0 Å². The van der Waals surface area contributed by atoms with E-state index in [1.807, 2.05) is 0 Å². The molecule has 0 amide bonds. The molecule has 5 nitrogen and oxygen atoms in total. The number of nitrogens with two attached hydrogens (primary N) is 1. The van der Waals surface area contributed by atoms with E-state index in [1.54, 1.807) is 6.20 Å². The fourth-order valence-electron chi connectivity index (χ4n) is 1.45. The summed E-state index contributed by atoms with van der Waals surface area (Å²) >= 11 is 0. The minimum Gasteiger partial charge on any atom is -0.339 e. The Hall–Kier alpha value is -1.49. The maximum Gasteiger partial charge on any atom is 0.180 e. The molecule has 0 aliphatic rings. The molecule has 5 heteroatoms. The van der Waals surface area contributed by atoms with Gasteiger partial charge >= 0.3 is 0 Å². The number of H-pyrrole nitrogens is 1. The highest BCUT2D eigenvalue weighted by atomic mass is 15.0. The number of aromatic nitrogens is 4. The lowest BCUT2D eigenvalue weighted by Crippen LogP contribution is -2.12. The van der Waals surface area contributed by atoms with Crippen molar-refractivity contribution in [3.05, 3.63) is 18.3 Å². The van der Waals surface area contributed by atoms with Crippen molar-refractivity contribution in [2.24, 2.45) is 5.73 Å². The van der Waals surface area contributed by atoms with Crippen LogP contribution in [0.4, 0.5) is 0 Å². The second kappa shape index (κ2) is 3.71. The van der Waals surface area contributed by atoms with Gasteiger partial charge in [-0.3, -0.25) is 0 Å². The Morgan fingerprint density at radius 2 is 2.43 bits per heavy atom. The predicted molar refractivity (Wildman–Crippen MR) is 53.8 cm³/mol. The molecule has 74 valence electrons. The van der Waals surface area contributed by atoms with Gasteiger partial charge in [0.25, 0.3) is 0 Å². The van der Waals surface area contributed by atoms with Gasteiger partial charge in [0, 0.05) is 12.5 Å². The first kappa shape index (κ1) is 9.08. The molecule has 0 bridgehead atoms. The standard InChI is InChI=1S/C9H13N5/c1-2-6(3-10)8-13-7-4-11-5-12-9(7)14-8/h4-6H,2-3,10H2,1H3,(H,11,12,13,14). The minimum atomic E-state index is 0.282. The van der Waals surface area contributed by atoms with Crippen LogP contribution in [0.15, 0.2) is 12.5 Å². The normalized spacial score (nSPS) is 13.3. The zero-order chi connectivity index (χ0) is 9.97. The number of hydrogen-bond acceptors (Lipinski definition) is 4. The first-order valence-electron chi connectivity index (χ1n) is 4.70. The van der Waals surface area contributed by atoms with Crippen LogP contribution in [0.3, 0.4) is 0 Å². The molecule has 0 aliphatic carbocycles. The zero-order valence-electron chi connectivity index (χ0n) is 8.07. The molecule has 2 rings (SSSR count). The molecule has 0 fully saturated rings. The van der Waals surface area contributed by atoms with E-state index in [2.05, 4.69) is 26.9 Å². The van der Waals surface area contributed by atoms with Gasteiger partial charge in [-0.15, -0.1) is 0 Å². The molecule has 14 heavy (non-hydrogen) atoms. The lowest BCUT2D eigenvalue weighted by atomic mass is 10.1. The number of nitrogens with zero attached hydrogens (tertiary/aromatic N) is 3. The smallest absolute Gasteiger partial charge is 0.180 e. The molecule has 0 spiro atoms. The van der Waals surface area contributed by atoms with E-state index in [0.717, 1.165) is 17.8 Å². The summed E-state index contributed by atoms with van der Waals surface area (Å²) < 4.78 is 0. The van der Waals surface area contributed by atoms with Gasteiger partial charge in [-0.1, -0.05) is 6.92 Å². The highest BCUT2D eigenvalue weighted by Gasteiger charge is 2.12. The maximum absolute atomic E-state index is 5.64. The topological polar surface area (TPSA) is 80.5 Å². The predicted octanol–water partition coefficient (Wildman–Crippen LogP) is 0.805. The molecular weight excluding hydrogens is 178 g/mol. The fraction of sp³-hybridized carbons (Fsp3) is 0.444. The van der Waals surface area contributed by atoms with Gasteiger partial charge in [0.05, 0.1) is 6.20 Å². The SMILES string of the molecule is CCC(CN)c1nc2ncncc2[nH]1. The van der Waals surface area contributed by atoms with E-state index in [1.165, 1.54) is 6.33 Å². The molecule has 0 saturated heterocycles. The van der Waals surface area contributed by atoms with Crippen molar-refractivity contribution in [1.29, 1.82) is 0 Å². The number of imidazole rings is 1. The van der Waals surface area contributed by atoms with Crippen LogP contribution in [0, 0.1) is 0 Å².